The molecule has 1 aliphatic carbocycles. The molecule has 3 aromatic rings. The Kier molecular flexibility index (Phi) is 12.4. The lowest BCUT2D eigenvalue weighted by atomic mass is 9.86. The molecule has 2 atom stereocenters. The van der Waals surface area contributed by atoms with Gasteiger partial charge in [0.2, 0.25) is 0 Å². The number of amides is 2. The standard InChI is InChI=1S/C42H52FN3O7/c1-9-50-36(48)24-44-40(49)45-29-18-15-26-11-10-12-32-37(27-13-16-28(43)17-14-27)33(38(25(2)3)46-39(32)34(26)21-29)20-19-30-22-31(52-42(7,8)51-30)23-35(47)53-41(4,5)6/h13-21,25,30-31H,9-12,22-24H2,1-8H3,(H2,44,45,49)/t30-,31-/m1/s1. The van der Waals surface area contributed by atoms with E-state index in [9.17, 15) is 18.8 Å². The Morgan fingerprint density at radius 1 is 1.06 bits per heavy atom. The largest absolute Gasteiger partial charge is 0.465 e. The average molecular weight is 730 g/mol. The normalized spacial score (nSPS) is 18.2. The van der Waals surface area contributed by atoms with Crippen molar-refractivity contribution in [3.63, 3.8) is 0 Å². The zero-order valence-corrected chi connectivity index (χ0v) is 32.1. The van der Waals surface area contributed by atoms with E-state index in [2.05, 4.69) is 30.6 Å². The summed E-state index contributed by atoms with van der Waals surface area (Å²) < 4.78 is 37.3. The molecule has 1 saturated heterocycles. The number of pyridine rings is 1. The van der Waals surface area contributed by atoms with Crippen molar-refractivity contribution in [1.82, 2.24) is 10.3 Å². The third-order valence-corrected chi connectivity index (χ3v) is 8.91. The number of hydrogen-bond donors (Lipinski definition) is 2. The van der Waals surface area contributed by atoms with Crippen molar-refractivity contribution in [3.05, 3.63) is 76.7 Å². The van der Waals surface area contributed by atoms with Crippen molar-refractivity contribution in [2.45, 2.75) is 117 Å². The first-order valence-corrected chi connectivity index (χ1v) is 18.4. The molecule has 2 amide bonds. The molecule has 11 heteroatoms. The number of hydrogen-bond acceptors (Lipinski definition) is 8. The van der Waals surface area contributed by atoms with E-state index < -0.39 is 29.5 Å². The van der Waals surface area contributed by atoms with Crippen LogP contribution in [0.15, 0.2) is 48.5 Å². The molecule has 0 radical (unpaired) electrons. The van der Waals surface area contributed by atoms with E-state index in [1.165, 1.54) is 12.1 Å². The SMILES string of the molecule is CCOC(=O)CNC(=O)Nc1ccc2c(c1)-c1nc(C(C)C)c(C=C[C@@H]3C[C@H](CC(=O)OC(C)(C)C)OC(C)(C)O3)c(-c3ccc(F)cc3)c1CCC2. The molecule has 1 aromatic heterocycles. The quantitative estimate of drug-likeness (QED) is 0.199. The van der Waals surface area contributed by atoms with E-state index in [0.29, 0.717) is 12.1 Å². The number of carbonyl (C=O) groups excluding carboxylic acids is 3. The van der Waals surface area contributed by atoms with Crippen LogP contribution in [0.25, 0.3) is 28.5 Å². The summed E-state index contributed by atoms with van der Waals surface area (Å²) in [5.74, 6) is -2.10. The topological polar surface area (TPSA) is 125 Å². The number of ether oxygens (including phenoxy) is 4. The highest BCUT2D eigenvalue weighted by Crippen LogP contribution is 2.43. The van der Waals surface area contributed by atoms with Gasteiger partial charge in [0.1, 0.15) is 18.0 Å². The number of urea groups is 1. The van der Waals surface area contributed by atoms with Gasteiger partial charge in [-0.1, -0.05) is 44.2 Å². The van der Waals surface area contributed by atoms with Crippen molar-refractivity contribution in [2.75, 3.05) is 18.5 Å². The number of benzene rings is 2. The predicted molar refractivity (Wildman–Crippen MR) is 203 cm³/mol. The molecule has 0 saturated carbocycles. The van der Waals surface area contributed by atoms with Crippen LogP contribution in [0.3, 0.4) is 0 Å². The van der Waals surface area contributed by atoms with Crippen LogP contribution in [0.4, 0.5) is 14.9 Å². The van der Waals surface area contributed by atoms with Crippen LogP contribution in [0.5, 0.6) is 0 Å². The highest BCUT2D eigenvalue weighted by atomic mass is 19.1. The maximum absolute atomic E-state index is 14.3. The smallest absolute Gasteiger partial charge is 0.325 e. The Bertz CT molecular complexity index is 1850. The molecule has 2 aromatic carbocycles. The summed E-state index contributed by atoms with van der Waals surface area (Å²) in [7, 11) is 0. The number of aromatic nitrogens is 1. The Morgan fingerprint density at radius 2 is 1.79 bits per heavy atom. The molecule has 5 rings (SSSR count). The second kappa shape index (κ2) is 16.6. The molecule has 0 bridgehead atoms. The molecule has 1 fully saturated rings. The number of rotatable bonds is 10. The second-order valence-electron chi connectivity index (χ2n) is 15.3. The summed E-state index contributed by atoms with van der Waals surface area (Å²) in [6.45, 7) is 15.1. The van der Waals surface area contributed by atoms with Gasteiger partial charge in [0.05, 0.1) is 36.6 Å². The highest BCUT2D eigenvalue weighted by Gasteiger charge is 2.36. The first-order chi connectivity index (χ1) is 25.0. The molecule has 1 aliphatic heterocycles. The van der Waals surface area contributed by atoms with Crippen molar-refractivity contribution < 1.29 is 37.7 Å². The lowest BCUT2D eigenvalue weighted by Gasteiger charge is -2.40. The van der Waals surface area contributed by atoms with Crippen LogP contribution in [-0.4, -0.2) is 59.7 Å². The van der Waals surface area contributed by atoms with Gasteiger partial charge in [-0.05, 0) is 113 Å². The van der Waals surface area contributed by atoms with E-state index in [1.807, 2.05) is 58.9 Å². The fraction of sp³-hybridized carbons (Fsp3) is 0.476. The Labute approximate surface area is 311 Å². The third-order valence-electron chi connectivity index (χ3n) is 8.91. The second-order valence-corrected chi connectivity index (χ2v) is 15.3. The van der Waals surface area contributed by atoms with E-state index in [-0.39, 0.29) is 43.4 Å². The summed E-state index contributed by atoms with van der Waals surface area (Å²) in [4.78, 5) is 42.6. The van der Waals surface area contributed by atoms with Crippen molar-refractivity contribution >= 4 is 29.7 Å². The first-order valence-electron chi connectivity index (χ1n) is 18.4. The van der Waals surface area contributed by atoms with E-state index in [0.717, 1.165) is 64.0 Å². The number of halogens is 1. The summed E-state index contributed by atoms with van der Waals surface area (Å²) in [5, 5.41) is 5.38. The van der Waals surface area contributed by atoms with Crippen molar-refractivity contribution in [2.24, 2.45) is 0 Å². The van der Waals surface area contributed by atoms with Gasteiger partial charge < -0.3 is 29.6 Å². The van der Waals surface area contributed by atoms with Gasteiger partial charge in [-0.15, -0.1) is 0 Å². The van der Waals surface area contributed by atoms with Crippen LogP contribution < -0.4 is 10.6 Å². The summed E-state index contributed by atoms with van der Waals surface area (Å²) in [6.07, 6.45) is 6.24. The van der Waals surface area contributed by atoms with E-state index in [4.69, 9.17) is 23.9 Å². The lowest BCUT2D eigenvalue weighted by molar-refractivity contribution is -0.290. The molecule has 53 heavy (non-hydrogen) atoms. The summed E-state index contributed by atoms with van der Waals surface area (Å²) >= 11 is 0. The Morgan fingerprint density at radius 3 is 2.47 bits per heavy atom. The summed E-state index contributed by atoms with van der Waals surface area (Å²) in [5.41, 5.74) is 7.40. The fourth-order valence-electron chi connectivity index (χ4n) is 6.93. The third kappa shape index (κ3) is 10.5. The van der Waals surface area contributed by atoms with Gasteiger partial charge in [-0.2, -0.15) is 0 Å². The van der Waals surface area contributed by atoms with Gasteiger partial charge in [0.25, 0.3) is 0 Å². The van der Waals surface area contributed by atoms with Crippen LogP contribution in [0.2, 0.25) is 0 Å². The maximum atomic E-state index is 14.3. The van der Waals surface area contributed by atoms with Crippen LogP contribution >= 0.6 is 0 Å². The number of anilines is 1. The zero-order valence-electron chi connectivity index (χ0n) is 32.1. The number of fused-ring (bicyclic) bond motifs is 3. The van der Waals surface area contributed by atoms with Gasteiger partial charge in [0.15, 0.2) is 5.79 Å². The minimum atomic E-state index is -0.933. The summed E-state index contributed by atoms with van der Waals surface area (Å²) in [6, 6.07) is 11.8. The van der Waals surface area contributed by atoms with Crippen LogP contribution in [0.1, 0.15) is 103 Å². The zero-order chi connectivity index (χ0) is 38.5. The molecule has 2 aliphatic rings. The van der Waals surface area contributed by atoms with Gasteiger partial charge in [-0.25, -0.2) is 9.18 Å². The van der Waals surface area contributed by atoms with Gasteiger partial charge >= 0.3 is 18.0 Å². The first kappa shape index (κ1) is 39.6. The molecule has 2 N–H and O–H groups in total. The Balaban J connectivity index is 1.56. The van der Waals surface area contributed by atoms with Gasteiger partial charge in [0, 0.05) is 23.2 Å². The Hall–Kier alpha value is -4.61. The van der Waals surface area contributed by atoms with Gasteiger partial charge in [-0.3, -0.25) is 14.6 Å². The lowest BCUT2D eigenvalue weighted by Crippen LogP contribution is -2.45. The monoisotopic (exact) mass is 729 g/mol. The molecule has 284 valence electrons. The minimum Gasteiger partial charge on any atom is -0.465 e. The molecule has 0 spiro atoms. The van der Waals surface area contributed by atoms with Crippen LogP contribution in [-0.2, 0) is 41.4 Å². The number of nitrogens with one attached hydrogen (secondary N) is 2. The molecule has 2 heterocycles. The fourth-order valence-corrected chi connectivity index (χ4v) is 6.93. The number of aryl methyl sites for hydroxylation is 1. The molecular formula is C42H52FN3O7. The van der Waals surface area contributed by atoms with Crippen molar-refractivity contribution in [1.29, 1.82) is 0 Å². The van der Waals surface area contributed by atoms with Crippen molar-refractivity contribution in [3.8, 4) is 22.4 Å². The average Bonchev–Trinajstić information content (AvgIpc) is 3.23. The van der Waals surface area contributed by atoms with Crippen LogP contribution in [0, 0.1) is 5.82 Å². The maximum Gasteiger partial charge on any atom is 0.325 e. The molecule has 10 nitrogen and oxygen atoms in total. The van der Waals surface area contributed by atoms with E-state index in [1.54, 1.807) is 19.1 Å². The molecular weight excluding hydrogens is 677 g/mol. The number of esters is 2. The number of carbonyl (C=O) groups is 3. The van der Waals surface area contributed by atoms with E-state index >= 15 is 0 Å². The number of nitrogens with zero attached hydrogens (tertiary/aromatic N) is 1. The highest BCUT2D eigenvalue weighted by molar-refractivity contribution is 5.93. The predicted octanol–water partition coefficient (Wildman–Crippen LogP) is 8.51. The molecule has 0 unspecified atom stereocenters. The minimum absolute atomic E-state index is 0.00720.